The molecule has 0 N–H and O–H groups in total. The molecular weight excluding hydrogens is 132 g/mol. The molecule has 64 valence electrons. The van der Waals surface area contributed by atoms with Gasteiger partial charge in [0.2, 0.25) is 0 Å². The van der Waals surface area contributed by atoms with Gasteiger partial charge in [0, 0.05) is 11.8 Å². The molecular formula is C11H20. The minimum absolute atomic E-state index is 0.178. The molecule has 0 amide bonds. The van der Waals surface area contributed by atoms with Crippen molar-refractivity contribution in [2.45, 2.75) is 47.5 Å². The van der Waals surface area contributed by atoms with Crippen LogP contribution in [0.4, 0.5) is 0 Å². The van der Waals surface area contributed by atoms with E-state index in [0.29, 0.717) is 0 Å². The van der Waals surface area contributed by atoms with Gasteiger partial charge in [0.25, 0.3) is 0 Å². The molecule has 0 aliphatic rings. The Morgan fingerprint density at radius 3 is 2.09 bits per heavy atom. The summed E-state index contributed by atoms with van der Waals surface area (Å²) in [6.07, 6.45) is 2.28. The molecule has 0 spiro atoms. The molecule has 0 saturated carbocycles. The third kappa shape index (κ3) is 9.56. The highest BCUT2D eigenvalue weighted by atomic mass is 14.1. The Morgan fingerprint density at radius 1 is 1.18 bits per heavy atom. The molecule has 0 fully saturated rings. The summed E-state index contributed by atoms with van der Waals surface area (Å²) in [5.74, 6) is 7.22. The average Bonchev–Trinajstić information content (AvgIpc) is 1.78. The smallest absolute Gasteiger partial charge is 0.0230 e. The monoisotopic (exact) mass is 152 g/mol. The third-order valence-electron chi connectivity index (χ3n) is 1.31. The number of hydrogen-bond acceptors (Lipinski definition) is 0. The zero-order chi connectivity index (χ0) is 8.91. The van der Waals surface area contributed by atoms with Gasteiger partial charge in [0.05, 0.1) is 0 Å². The lowest BCUT2D eigenvalue weighted by atomic mass is 9.97. The fraction of sp³-hybridized carbons (Fsp3) is 0.818. The van der Waals surface area contributed by atoms with Crippen molar-refractivity contribution in [1.29, 1.82) is 0 Å². The van der Waals surface area contributed by atoms with E-state index in [-0.39, 0.29) is 5.41 Å². The van der Waals surface area contributed by atoms with Crippen molar-refractivity contribution in [2.75, 3.05) is 0 Å². The first-order valence-corrected chi connectivity index (χ1v) is 4.42. The van der Waals surface area contributed by atoms with Crippen LogP contribution < -0.4 is 0 Å². The summed E-state index contributed by atoms with van der Waals surface area (Å²) in [5, 5.41) is 0. The topological polar surface area (TPSA) is 0 Å². The SMILES string of the molecule is CC(C)CCC#CC(C)(C)C. The lowest BCUT2D eigenvalue weighted by molar-refractivity contribution is 0.566. The molecule has 0 nitrogen and oxygen atoms in total. The van der Waals surface area contributed by atoms with E-state index in [2.05, 4.69) is 46.5 Å². The summed E-state index contributed by atoms with van der Waals surface area (Å²) in [4.78, 5) is 0. The minimum Gasteiger partial charge on any atom is -0.103 e. The van der Waals surface area contributed by atoms with E-state index in [1.54, 1.807) is 0 Å². The highest BCUT2D eigenvalue weighted by molar-refractivity contribution is 5.06. The van der Waals surface area contributed by atoms with Crippen molar-refractivity contribution in [1.82, 2.24) is 0 Å². The van der Waals surface area contributed by atoms with E-state index in [1.807, 2.05) is 0 Å². The van der Waals surface area contributed by atoms with Crippen molar-refractivity contribution in [3.05, 3.63) is 0 Å². The van der Waals surface area contributed by atoms with Gasteiger partial charge in [-0.15, -0.1) is 5.92 Å². The van der Waals surface area contributed by atoms with Gasteiger partial charge >= 0.3 is 0 Å². The van der Waals surface area contributed by atoms with Gasteiger partial charge in [-0.25, -0.2) is 0 Å². The number of hydrogen-bond donors (Lipinski definition) is 0. The van der Waals surface area contributed by atoms with Crippen molar-refractivity contribution in [2.24, 2.45) is 11.3 Å². The van der Waals surface area contributed by atoms with Crippen molar-refractivity contribution < 1.29 is 0 Å². The summed E-state index contributed by atoms with van der Waals surface area (Å²) >= 11 is 0. The van der Waals surface area contributed by atoms with Crippen LogP contribution in [0, 0.1) is 23.2 Å². The molecule has 0 aromatic carbocycles. The summed E-state index contributed by atoms with van der Waals surface area (Å²) < 4.78 is 0. The van der Waals surface area contributed by atoms with E-state index in [4.69, 9.17) is 0 Å². The van der Waals surface area contributed by atoms with Crippen molar-refractivity contribution in [3.8, 4) is 11.8 Å². The summed E-state index contributed by atoms with van der Waals surface area (Å²) in [7, 11) is 0. The van der Waals surface area contributed by atoms with Crippen LogP contribution in [0.5, 0.6) is 0 Å². The van der Waals surface area contributed by atoms with Crippen LogP contribution in [0.1, 0.15) is 47.5 Å². The Balaban J connectivity index is 3.57. The maximum Gasteiger partial charge on any atom is 0.0230 e. The Kier molecular flexibility index (Phi) is 4.26. The molecule has 0 aromatic rings. The lowest BCUT2D eigenvalue weighted by Gasteiger charge is -2.07. The highest BCUT2D eigenvalue weighted by Crippen LogP contribution is 2.10. The summed E-state index contributed by atoms with van der Waals surface area (Å²) in [6.45, 7) is 10.9. The first-order valence-electron chi connectivity index (χ1n) is 4.42. The fourth-order valence-electron chi connectivity index (χ4n) is 0.689. The molecule has 0 radical (unpaired) electrons. The lowest BCUT2D eigenvalue weighted by Crippen LogP contribution is -1.99. The molecule has 0 aliphatic heterocycles. The summed E-state index contributed by atoms with van der Waals surface area (Å²) in [5.41, 5.74) is 0.178. The molecule has 0 bridgehead atoms. The van der Waals surface area contributed by atoms with Gasteiger partial charge in [-0.3, -0.25) is 0 Å². The average molecular weight is 152 g/mol. The Bertz CT molecular complexity index is 147. The Labute approximate surface area is 71.4 Å². The predicted octanol–water partition coefficient (Wildman–Crippen LogP) is 3.47. The van der Waals surface area contributed by atoms with Crippen LogP contribution in [0.25, 0.3) is 0 Å². The minimum atomic E-state index is 0.178. The Hall–Kier alpha value is -0.440. The molecule has 11 heavy (non-hydrogen) atoms. The molecule has 0 atom stereocenters. The first-order chi connectivity index (χ1) is 4.92. The molecule has 0 unspecified atom stereocenters. The number of rotatable bonds is 2. The molecule has 0 aliphatic carbocycles. The van der Waals surface area contributed by atoms with Crippen LogP contribution in [0.2, 0.25) is 0 Å². The van der Waals surface area contributed by atoms with Crippen LogP contribution in [-0.4, -0.2) is 0 Å². The highest BCUT2D eigenvalue weighted by Gasteiger charge is 2.02. The van der Waals surface area contributed by atoms with Gasteiger partial charge in [0.15, 0.2) is 0 Å². The zero-order valence-corrected chi connectivity index (χ0v) is 8.49. The van der Waals surface area contributed by atoms with Gasteiger partial charge in [-0.1, -0.05) is 19.8 Å². The third-order valence-corrected chi connectivity index (χ3v) is 1.31. The standard InChI is InChI=1S/C11H20/c1-10(2)8-6-7-9-11(3,4)5/h10H,6,8H2,1-5H3. The van der Waals surface area contributed by atoms with E-state index in [1.165, 1.54) is 6.42 Å². The zero-order valence-electron chi connectivity index (χ0n) is 8.49. The second-order valence-corrected chi connectivity index (χ2v) is 4.48. The largest absolute Gasteiger partial charge is 0.103 e. The van der Waals surface area contributed by atoms with Crippen LogP contribution in [0.15, 0.2) is 0 Å². The van der Waals surface area contributed by atoms with Gasteiger partial charge in [0.1, 0.15) is 0 Å². The van der Waals surface area contributed by atoms with E-state index < -0.39 is 0 Å². The maximum atomic E-state index is 3.23. The second kappa shape index (κ2) is 4.44. The maximum absolute atomic E-state index is 3.23. The fourth-order valence-corrected chi connectivity index (χ4v) is 0.689. The quantitative estimate of drug-likeness (QED) is 0.531. The van der Waals surface area contributed by atoms with Crippen molar-refractivity contribution in [3.63, 3.8) is 0 Å². The van der Waals surface area contributed by atoms with E-state index >= 15 is 0 Å². The van der Waals surface area contributed by atoms with Crippen LogP contribution >= 0.6 is 0 Å². The van der Waals surface area contributed by atoms with Gasteiger partial charge in [-0.05, 0) is 33.1 Å². The Morgan fingerprint density at radius 2 is 1.73 bits per heavy atom. The normalized spacial score (nSPS) is 11.1. The molecule has 0 heterocycles. The van der Waals surface area contributed by atoms with E-state index in [0.717, 1.165) is 12.3 Å². The molecule has 0 saturated heterocycles. The first kappa shape index (κ1) is 10.6. The van der Waals surface area contributed by atoms with E-state index in [9.17, 15) is 0 Å². The van der Waals surface area contributed by atoms with Gasteiger partial charge in [-0.2, -0.15) is 0 Å². The molecule has 0 aromatic heterocycles. The molecule has 0 heteroatoms. The van der Waals surface area contributed by atoms with Crippen LogP contribution in [-0.2, 0) is 0 Å². The second-order valence-electron chi connectivity index (χ2n) is 4.48. The molecule has 0 rings (SSSR count). The van der Waals surface area contributed by atoms with Gasteiger partial charge < -0.3 is 0 Å². The summed E-state index contributed by atoms with van der Waals surface area (Å²) in [6, 6.07) is 0. The predicted molar refractivity (Wildman–Crippen MR) is 51.3 cm³/mol. The van der Waals surface area contributed by atoms with Crippen molar-refractivity contribution >= 4 is 0 Å². The van der Waals surface area contributed by atoms with Crippen LogP contribution in [0.3, 0.4) is 0 Å².